The van der Waals surface area contributed by atoms with Crippen molar-refractivity contribution in [1.29, 1.82) is 0 Å². The van der Waals surface area contributed by atoms with Crippen LogP contribution in [0.1, 0.15) is 113 Å². The summed E-state index contributed by atoms with van der Waals surface area (Å²) in [5.41, 5.74) is -15.0. The summed E-state index contributed by atoms with van der Waals surface area (Å²) in [5.74, 6) is -9.45. The van der Waals surface area contributed by atoms with Gasteiger partial charge in [0, 0.05) is 17.8 Å². The highest BCUT2D eigenvalue weighted by atomic mass is 19.4. The molecule has 0 bridgehead atoms. The molecule has 0 heterocycles. The van der Waals surface area contributed by atoms with Crippen molar-refractivity contribution in [3.05, 3.63) is 0 Å². The van der Waals surface area contributed by atoms with Crippen LogP contribution < -0.4 is 0 Å². The minimum Gasteiger partial charge on any atom is -0.462 e. The van der Waals surface area contributed by atoms with Crippen molar-refractivity contribution in [2.75, 3.05) is 0 Å². The lowest BCUT2D eigenvalue weighted by atomic mass is 9.65. The van der Waals surface area contributed by atoms with Crippen LogP contribution in [0.5, 0.6) is 0 Å². The fourth-order valence-corrected chi connectivity index (χ4v) is 6.72. The van der Waals surface area contributed by atoms with E-state index in [4.69, 9.17) is 14.2 Å². The van der Waals surface area contributed by atoms with Gasteiger partial charge in [0.1, 0.15) is 11.7 Å². The molecular weight excluding hydrogens is 720 g/mol. The van der Waals surface area contributed by atoms with E-state index >= 15 is 26.3 Å². The highest BCUT2D eigenvalue weighted by molar-refractivity contribution is 5.76. The predicted molar refractivity (Wildman–Crippen MR) is 158 cm³/mol. The first-order valence-electron chi connectivity index (χ1n) is 16.8. The lowest BCUT2D eigenvalue weighted by molar-refractivity contribution is -0.420. The van der Waals surface area contributed by atoms with E-state index < -0.39 is 126 Å². The minimum absolute atomic E-state index is 0.0248. The van der Waals surface area contributed by atoms with Crippen LogP contribution in [-0.4, -0.2) is 70.8 Å². The van der Waals surface area contributed by atoms with Gasteiger partial charge in [0.05, 0.1) is 16.9 Å². The summed E-state index contributed by atoms with van der Waals surface area (Å²) in [6, 6.07) is 0. The van der Waals surface area contributed by atoms with Crippen molar-refractivity contribution in [2.45, 2.75) is 167 Å². The monoisotopic (exact) mass is 768 g/mol. The van der Waals surface area contributed by atoms with Gasteiger partial charge in [0.15, 0.2) is 0 Å². The standard InChI is InChI=1S/C33H48F12O6/c1-9-25(3,4)23(46)49-22-16-19(28(48,30(34,35)36)31(37,38)39)14-20(17-22)29(32(40,41)42,33(43,44)45)50-21-13-11-12-18(15-21)27(7,8)51-24(47)26(5,6)10-2/h18-22,48H,9-17H2,1-8H3. The summed E-state index contributed by atoms with van der Waals surface area (Å²) in [6.07, 6.45) is -36.1. The van der Waals surface area contributed by atoms with Gasteiger partial charge in [0.2, 0.25) is 0 Å². The molecule has 300 valence electrons. The first-order valence-corrected chi connectivity index (χ1v) is 16.8. The summed E-state index contributed by atoms with van der Waals surface area (Å²) in [6.45, 7) is 11.6. The number of rotatable bonds is 11. The Bertz CT molecular complexity index is 1190. The number of hydrogen-bond acceptors (Lipinski definition) is 6. The quantitative estimate of drug-likeness (QED) is 0.167. The van der Waals surface area contributed by atoms with E-state index in [0.29, 0.717) is 6.42 Å². The lowest BCUT2D eigenvalue weighted by Gasteiger charge is -2.51. The van der Waals surface area contributed by atoms with Gasteiger partial charge in [-0.2, -0.15) is 52.7 Å². The topological polar surface area (TPSA) is 82.1 Å². The largest absolute Gasteiger partial charge is 0.462 e. The van der Waals surface area contributed by atoms with Gasteiger partial charge in [-0.1, -0.05) is 20.3 Å². The molecule has 0 aromatic rings. The number of carbonyl (C=O) groups excluding carboxylic acids is 2. The Kier molecular flexibility index (Phi) is 13.0. The van der Waals surface area contributed by atoms with Crippen molar-refractivity contribution >= 4 is 11.9 Å². The van der Waals surface area contributed by atoms with Crippen LogP contribution in [0.4, 0.5) is 52.7 Å². The van der Waals surface area contributed by atoms with Crippen LogP contribution in [-0.2, 0) is 23.8 Å². The van der Waals surface area contributed by atoms with Gasteiger partial charge in [0.25, 0.3) is 11.2 Å². The van der Waals surface area contributed by atoms with Gasteiger partial charge >= 0.3 is 36.6 Å². The Labute approximate surface area is 289 Å². The Morgan fingerprint density at radius 3 is 1.45 bits per heavy atom. The zero-order chi connectivity index (χ0) is 40.0. The van der Waals surface area contributed by atoms with Crippen LogP contribution in [0.2, 0.25) is 0 Å². The summed E-state index contributed by atoms with van der Waals surface area (Å²) >= 11 is 0. The minimum atomic E-state index is -6.61. The highest BCUT2D eigenvalue weighted by Crippen LogP contribution is 2.60. The maximum atomic E-state index is 15.1. The Hall–Kier alpha value is -1.98. The van der Waals surface area contributed by atoms with Gasteiger partial charge in [-0.05, 0) is 92.9 Å². The maximum Gasteiger partial charge on any atom is 0.426 e. The molecule has 5 atom stereocenters. The molecule has 2 rings (SSSR count). The second-order valence-corrected chi connectivity index (χ2v) is 15.7. The summed E-state index contributed by atoms with van der Waals surface area (Å²) in [5, 5.41) is 10.2. The van der Waals surface area contributed by atoms with E-state index in [0.717, 1.165) is 0 Å². The van der Waals surface area contributed by atoms with Crippen LogP contribution in [0, 0.1) is 28.6 Å². The fourth-order valence-electron chi connectivity index (χ4n) is 6.72. The number of carbonyl (C=O) groups is 2. The Morgan fingerprint density at radius 1 is 0.588 bits per heavy atom. The second kappa shape index (κ2) is 14.7. The molecule has 0 aliphatic heterocycles. The average molecular weight is 769 g/mol. The van der Waals surface area contributed by atoms with Gasteiger partial charge in [-0.15, -0.1) is 0 Å². The normalized spacial score (nSPS) is 25.4. The van der Waals surface area contributed by atoms with E-state index in [1.807, 2.05) is 0 Å². The first kappa shape index (κ1) is 45.2. The van der Waals surface area contributed by atoms with E-state index in [2.05, 4.69) is 0 Å². The summed E-state index contributed by atoms with van der Waals surface area (Å²) < 4.78 is 190. The molecule has 0 spiro atoms. The van der Waals surface area contributed by atoms with Crippen molar-refractivity contribution < 1.29 is 81.6 Å². The molecule has 0 amide bonds. The zero-order valence-corrected chi connectivity index (χ0v) is 29.8. The third-order valence-electron chi connectivity index (χ3n) is 11.0. The molecule has 2 aliphatic rings. The van der Waals surface area contributed by atoms with Gasteiger partial charge < -0.3 is 19.3 Å². The van der Waals surface area contributed by atoms with Gasteiger partial charge in [-0.25, -0.2) is 0 Å². The number of alkyl halides is 12. The predicted octanol–water partition coefficient (Wildman–Crippen LogP) is 9.80. The molecule has 51 heavy (non-hydrogen) atoms. The van der Waals surface area contributed by atoms with Crippen LogP contribution >= 0.6 is 0 Å². The van der Waals surface area contributed by atoms with E-state index in [9.17, 15) is 41.0 Å². The Morgan fingerprint density at radius 2 is 1.02 bits per heavy atom. The smallest absolute Gasteiger partial charge is 0.426 e. The molecular formula is C33H48F12O6. The van der Waals surface area contributed by atoms with E-state index in [1.54, 1.807) is 20.8 Å². The number of aliphatic hydroxyl groups is 1. The first-order chi connectivity index (χ1) is 22.6. The summed E-state index contributed by atoms with van der Waals surface area (Å²) in [4.78, 5) is 25.6. The molecule has 0 aromatic carbocycles. The molecule has 0 aromatic heterocycles. The van der Waals surface area contributed by atoms with Crippen molar-refractivity contribution in [1.82, 2.24) is 0 Å². The molecule has 1 N–H and O–H groups in total. The number of hydrogen-bond donors (Lipinski definition) is 1. The van der Waals surface area contributed by atoms with Crippen molar-refractivity contribution in [2.24, 2.45) is 28.6 Å². The highest BCUT2D eigenvalue weighted by Gasteiger charge is 2.80. The van der Waals surface area contributed by atoms with E-state index in [1.165, 1.54) is 34.6 Å². The van der Waals surface area contributed by atoms with Gasteiger partial charge in [-0.3, -0.25) is 9.59 Å². The number of ether oxygens (including phenoxy) is 3. The Balaban J connectivity index is 2.72. The lowest BCUT2D eigenvalue weighted by Crippen LogP contribution is -2.69. The van der Waals surface area contributed by atoms with Crippen LogP contribution in [0.15, 0.2) is 0 Å². The molecule has 2 fully saturated rings. The zero-order valence-electron chi connectivity index (χ0n) is 29.8. The fraction of sp³-hybridized carbons (Fsp3) is 0.939. The third kappa shape index (κ3) is 9.05. The molecule has 2 aliphatic carbocycles. The van der Waals surface area contributed by atoms with Crippen molar-refractivity contribution in [3.8, 4) is 0 Å². The molecule has 0 radical (unpaired) electrons. The average Bonchev–Trinajstić information content (AvgIpc) is 2.96. The van der Waals surface area contributed by atoms with Crippen LogP contribution in [0.25, 0.3) is 0 Å². The maximum absolute atomic E-state index is 15.1. The number of halogens is 12. The molecule has 6 nitrogen and oxygen atoms in total. The SMILES string of the molecule is CCC(C)(C)C(=O)OC1CC(C(O)(C(F)(F)F)C(F)(F)F)CC(C(OC2CCCC(C(C)(C)OC(=O)C(C)(C)CC)C2)(C(F)(F)F)C(F)(F)F)C1. The van der Waals surface area contributed by atoms with Crippen LogP contribution in [0.3, 0.4) is 0 Å². The summed E-state index contributed by atoms with van der Waals surface area (Å²) in [7, 11) is 0. The third-order valence-corrected chi connectivity index (χ3v) is 11.0. The molecule has 2 saturated carbocycles. The van der Waals surface area contributed by atoms with E-state index in [-0.39, 0.29) is 19.3 Å². The molecule has 5 unspecified atom stereocenters. The second-order valence-electron chi connectivity index (χ2n) is 15.7. The molecule has 0 saturated heterocycles. The van der Waals surface area contributed by atoms with Crippen molar-refractivity contribution in [3.63, 3.8) is 0 Å². The number of esters is 2. The molecule has 18 heteroatoms.